The number of carbonyl (C=O) groups is 1. The zero-order chi connectivity index (χ0) is 17.7. The zero-order valence-corrected chi connectivity index (χ0v) is 14.8. The second-order valence-electron chi connectivity index (χ2n) is 5.74. The third-order valence-electron chi connectivity index (χ3n) is 3.85. The molecule has 0 unspecified atom stereocenters. The molecule has 128 valence electrons. The van der Waals surface area contributed by atoms with Gasteiger partial charge in [-0.2, -0.15) is 0 Å². The van der Waals surface area contributed by atoms with Crippen LogP contribution in [-0.2, 0) is 4.79 Å². The predicted molar refractivity (Wildman–Crippen MR) is 95.8 cm³/mol. The number of benzene rings is 2. The van der Waals surface area contributed by atoms with Gasteiger partial charge in [-0.15, -0.1) is 0 Å². The van der Waals surface area contributed by atoms with E-state index in [1.807, 2.05) is 49.4 Å². The second-order valence-corrected chi connectivity index (χ2v) is 5.74. The summed E-state index contributed by atoms with van der Waals surface area (Å²) in [5, 5.41) is 3.34. The molecule has 0 bridgehead atoms. The quantitative estimate of drug-likeness (QED) is 0.884. The Morgan fingerprint density at radius 3 is 2.17 bits per heavy atom. The monoisotopic (exact) mass is 328 g/mol. The first-order valence-corrected chi connectivity index (χ1v) is 7.73. The van der Waals surface area contributed by atoms with E-state index >= 15 is 0 Å². The smallest absolute Gasteiger partial charge is 0.249 e. The van der Waals surface area contributed by atoms with Crippen LogP contribution in [0.25, 0.3) is 0 Å². The number of hydrogen-bond donors (Lipinski definition) is 1. The largest absolute Gasteiger partial charge is 0.493 e. The highest BCUT2D eigenvalue weighted by Gasteiger charge is 2.23. The molecule has 1 N–H and O–H groups in total. The summed E-state index contributed by atoms with van der Waals surface area (Å²) in [5.41, 5.74) is 2.71. The van der Waals surface area contributed by atoms with Crippen molar-refractivity contribution in [3.63, 3.8) is 0 Å². The lowest BCUT2D eigenvalue weighted by Crippen LogP contribution is -2.32. The molecule has 0 radical (unpaired) electrons. The van der Waals surface area contributed by atoms with E-state index in [0.29, 0.717) is 11.5 Å². The number of likely N-dealkylation sites (N-methyl/N-ethyl adjacent to an activating group) is 1. The molecule has 1 atom stereocenters. The van der Waals surface area contributed by atoms with Crippen molar-refractivity contribution in [3.8, 4) is 11.5 Å². The van der Waals surface area contributed by atoms with Crippen molar-refractivity contribution in [3.05, 3.63) is 53.6 Å². The second kappa shape index (κ2) is 7.73. The Bertz CT molecular complexity index is 699. The molecule has 24 heavy (non-hydrogen) atoms. The minimum atomic E-state index is -0.474. The molecule has 1 amide bonds. The Morgan fingerprint density at radius 1 is 1.04 bits per heavy atom. The first-order valence-electron chi connectivity index (χ1n) is 7.73. The molecule has 2 aromatic rings. The van der Waals surface area contributed by atoms with Crippen LogP contribution in [0.15, 0.2) is 42.5 Å². The van der Waals surface area contributed by atoms with Gasteiger partial charge in [0.1, 0.15) is 6.04 Å². The Labute approximate surface area is 143 Å². The first kappa shape index (κ1) is 17.7. The minimum Gasteiger partial charge on any atom is -0.493 e. The van der Waals surface area contributed by atoms with E-state index in [2.05, 4.69) is 5.32 Å². The van der Waals surface area contributed by atoms with Gasteiger partial charge in [-0.05, 0) is 24.1 Å². The van der Waals surface area contributed by atoms with Gasteiger partial charge in [0.2, 0.25) is 5.91 Å². The molecule has 0 saturated carbocycles. The predicted octanol–water partition coefficient (Wildman–Crippen LogP) is 3.25. The molecule has 0 aliphatic heterocycles. The van der Waals surface area contributed by atoms with Crippen LogP contribution in [0.2, 0.25) is 0 Å². The van der Waals surface area contributed by atoms with Crippen LogP contribution in [0.4, 0.5) is 5.69 Å². The third kappa shape index (κ3) is 3.79. The fourth-order valence-electron chi connectivity index (χ4n) is 2.48. The summed E-state index contributed by atoms with van der Waals surface area (Å²) in [6.45, 7) is 1.96. The van der Waals surface area contributed by atoms with Gasteiger partial charge in [0.05, 0.1) is 14.2 Å². The molecule has 0 spiro atoms. The molecule has 0 fully saturated rings. The van der Waals surface area contributed by atoms with Gasteiger partial charge in [0.25, 0.3) is 0 Å². The van der Waals surface area contributed by atoms with Crippen molar-refractivity contribution in [1.82, 2.24) is 4.90 Å². The highest BCUT2D eigenvalue weighted by molar-refractivity contribution is 5.86. The van der Waals surface area contributed by atoms with Crippen molar-refractivity contribution in [2.75, 3.05) is 33.6 Å². The number of nitrogens with zero attached hydrogens (tertiary/aromatic N) is 1. The molecule has 2 rings (SSSR count). The number of rotatable bonds is 6. The normalized spacial score (nSPS) is 11.5. The molecule has 5 nitrogen and oxygen atoms in total. The Morgan fingerprint density at radius 2 is 1.62 bits per heavy atom. The number of carbonyl (C=O) groups excluding carboxylic acids is 1. The maximum Gasteiger partial charge on any atom is 0.249 e. The minimum absolute atomic E-state index is 0.0182. The maximum absolute atomic E-state index is 12.6. The molecule has 0 aliphatic rings. The van der Waals surface area contributed by atoms with Gasteiger partial charge in [-0.3, -0.25) is 4.79 Å². The highest BCUT2D eigenvalue weighted by atomic mass is 16.5. The van der Waals surface area contributed by atoms with Crippen molar-refractivity contribution >= 4 is 11.6 Å². The van der Waals surface area contributed by atoms with E-state index in [-0.39, 0.29) is 5.91 Å². The topological polar surface area (TPSA) is 50.8 Å². The average Bonchev–Trinajstić information content (AvgIpc) is 2.60. The number of aryl methyl sites for hydroxylation is 1. The molecule has 0 saturated heterocycles. The molecule has 0 heterocycles. The van der Waals surface area contributed by atoms with Crippen LogP contribution in [0.1, 0.15) is 17.2 Å². The lowest BCUT2D eigenvalue weighted by Gasteiger charge is -2.24. The van der Waals surface area contributed by atoms with Gasteiger partial charge in [-0.1, -0.05) is 30.3 Å². The maximum atomic E-state index is 12.6. The van der Waals surface area contributed by atoms with E-state index < -0.39 is 6.04 Å². The van der Waals surface area contributed by atoms with Gasteiger partial charge in [0.15, 0.2) is 11.5 Å². The third-order valence-corrected chi connectivity index (χ3v) is 3.85. The number of methoxy groups -OCH3 is 2. The Hall–Kier alpha value is -2.69. The summed E-state index contributed by atoms with van der Waals surface area (Å²) in [4.78, 5) is 14.2. The van der Waals surface area contributed by atoms with Crippen LogP contribution in [-0.4, -0.2) is 39.1 Å². The van der Waals surface area contributed by atoms with Crippen LogP contribution < -0.4 is 14.8 Å². The summed E-state index contributed by atoms with van der Waals surface area (Å²) in [5.74, 6) is 1.26. The van der Waals surface area contributed by atoms with Crippen LogP contribution in [0.5, 0.6) is 11.5 Å². The lowest BCUT2D eigenvalue weighted by molar-refractivity contribution is -0.129. The fraction of sp³-hybridized carbons (Fsp3) is 0.316. The van der Waals surface area contributed by atoms with E-state index in [1.165, 1.54) is 0 Å². The van der Waals surface area contributed by atoms with Crippen LogP contribution in [0, 0.1) is 6.92 Å². The molecular weight excluding hydrogens is 304 g/mol. The molecule has 5 heteroatoms. The van der Waals surface area contributed by atoms with Gasteiger partial charge in [-0.25, -0.2) is 0 Å². The number of hydrogen-bond acceptors (Lipinski definition) is 4. The van der Waals surface area contributed by atoms with Crippen molar-refractivity contribution in [1.29, 1.82) is 0 Å². The van der Waals surface area contributed by atoms with Gasteiger partial charge >= 0.3 is 0 Å². The van der Waals surface area contributed by atoms with E-state index in [1.54, 1.807) is 33.2 Å². The van der Waals surface area contributed by atoms with Crippen molar-refractivity contribution in [2.45, 2.75) is 13.0 Å². The number of nitrogens with one attached hydrogen (secondary N) is 1. The number of amides is 1. The molecule has 0 aromatic heterocycles. The van der Waals surface area contributed by atoms with Crippen LogP contribution >= 0.6 is 0 Å². The summed E-state index contributed by atoms with van der Waals surface area (Å²) in [7, 11) is 6.70. The summed E-state index contributed by atoms with van der Waals surface area (Å²) >= 11 is 0. The Balaban J connectivity index is 2.42. The summed E-state index contributed by atoms with van der Waals surface area (Å²) in [6.07, 6.45) is 0. The number of anilines is 1. The van der Waals surface area contributed by atoms with Gasteiger partial charge < -0.3 is 19.7 Å². The van der Waals surface area contributed by atoms with Crippen molar-refractivity contribution in [2.24, 2.45) is 0 Å². The number of ether oxygens (including phenoxy) is 2. The Kier molecular flexibility index (Phi) is 5.68. The summed E-state index contributed by atoms with van der Waals surface area (Å²) in [6, 6.07) is 12.9. The first-order chi connectivity index (χ1) is 11.5. The zero-order valence-electron chi connectivity index (χ0n) is 14.8. The van der Waals surface area contributed by atoms with E-state index in [9.17, 15) is 4.79 Å². The van der Waals surface area contributed by atoms with Crippen LogP contribution in [0.3, 0.4) is 0 Å². The van der Waals surface area contributed by atoms with E-state index in [0.717, 1.165) is 16.8 Å². The average molecular weight is 328 g/mol. The molecule has 2 aromatic carbocycles. The fourth-order valence-corrected chi connectivity index (χ4v) is 2.48. The standard InChI is InChI=1S/C19H24N2O3/c1-13-11-16(23-4)17(24-5)12-15(13)20-18(19(22)21(2)3)14-9-7-6-8-10-14/h6-12,18,20H,1-5H3/t18-/m1/s1. The molecular formula is C19H24N2O3. The molecule has 0 aliphatic carbocycles. The van der Waals surface area contributed by atoms with Gasteiger partial charge in [0, 0.05) is 25.8 Å². The lowest BCUT2D eigenvalue weighted by atomic mass is 10.0. The SMILES string of the molecule is COc1cc(C)c(N[C@@H](C(=O)N(C)C)c2ccccc2)cc1OC. The van der Waals surface area contributed by atoms with Crippen molar-refractivity contribution < 1.29 is 14.3 Å². The highest BCUT2D eigenvalue weighted by Crippen LogP contribution is 2.34. The summed E-state index contributed by atoms with van der Waals surface area (Å²) < 4.78 is 10.7. The van der Waals surface area contributed by atoms with E-state index in [4.69, 9.17) is 9.47 Å².